The molecule has 0 aliphatic rings. The third kappa shape index (κ3) is 4.47. The van der Waals surface area contributed by atoms with Gasteiger partial charge in [-0.3, -0.25) is 5.32 Å². The summed E-state index contributed by atoms with van der Waals surface area (Å²) in [5.74, 6) is 5.35. The van der Waals surface area contributed by atoms with E-state index in [0.717, 1.165) is 10.0 Å². The number of carbonyl (C=O) groups excluding carboxylic acids is 1. The molecule has 0 heterocycles. The Morgan fingerprint density at radius 2 is 2.29 bits per heavy atom. The lowest BCUT2D eigenvalue weighted by Gasteiger charge is -2.08. The molecule has 0 aliphatic heterocycles. The molecular formula is C12H12BrNO3. The zero-order valence-corrected chi connectivity index (χ0v) is 10.9. The minimum Gasteiger partial charge on any atom is -0.453 e. The fourth-order valence-electron chi connectivity index (χ4n) is 1.21. The van der Waals surface area contributed by atoms with Crippen LogP contribution in [-0.2, 0) is 11.2 Å². The van der Waals surface area contributed by atoms with Crippen molar-refractivity contribution in [1.29, 1.82) is 0 Å². The molecule has 0 aliphatic carbocycles. The van der Waals surface area contributed by atoms with E-state index in [4.69, 9.17) is 5.11 Å². The maximum atomic E-state index is 11.1. The van der Waals surface area contributed by atoms with Crippen molar-refractivity contribution >= 4 is 27.7 Å². The summed E-state index contributed by atoms with van der Waals surface area (Å²) >= 11 is 3.35. The molecule has 0 bridgehead atoms. The molecule has 17 heavy (non-hydrogen) atoms. The number of amides is 1. The third-order valence-corrected chi connectivity index (χ3v) is 2.47. The molecule has 4 nitrogen and oxygen atoms in total. The number of anilines is 1. The number of aliphatic hydroxyl groups excluding tert-OH is 1. The van der Waals surface area contributed by atoms with E-state index in [9.17, 15) is 4.79 Å². The van der Waals surface area contributed by atoms with E-state index < -0.39 is 6.09 Å². The molecule has 0 radical (unpaired) electrons. The molecule has 1 aromatic rings. The van der Waals surface area contributed by atoms with E-state index in [-0.39, 0.29) is 6.61 Å². The number of methoxy groups -OCH3 is 1. The van der Waals surface area contributed by atoms with Gasteiger partial charge in [0.25, 0.3) is 0 Å². The first-order valence-electron chi connectivity index (χ1n) is 4.87. The summed E-state index contributed by atoms with van der Waals surface area (Å²) < 4.78 is 5.42. The number of benzene rings is 1. The van der Waals surface area contributed by atoms with Crippen LogP contribution in [0.5, 0.6) is 0 Å². The lowest BCUT2D eigenvalue weighted by atomic mass is 10.1. The Balaban J connectivity index is 2.91. The monoisotopic (exact) mass is 297 g/mol. The second-order valence-corrected chi connectivity index (χ2v) is 4.02. The second-order valence-electron chi connectivity index (χ2n) is 3.11. The normalized spacial score (nSPS) is 9.12. The van der Waals surface area contributed by atoms with Gasteiger partial charge in [0.2, 0.25) is 0 Å². The van der Waals surface area contributed by atoms with Crippen LogP contribution in [0, 0.1) is 11.8 Å². The Morgan fingerprint density at radius 1 is 1.53 bits per heavy atom. The second kappa shape index (κ2) is 6.94. The van der Waals surface area contributed by atoms with Crippen molar-refractivity contribution in [1.82, 2.24) is 0 Å². The van der Waals surface area contributed by atoms with Crippen LogP contribution in [0.15, 0.2) is 22.7 Å². The number of carbonyl (C=O) groups is 1. The first-order valence-corrected chi connectivity index (χ1v) is 5.66. The minimum atomic E-state index is -0.524. The summed E-state index contributed by atoms with van der Waals surface area (Å²) in [5, 5.41) is 11.2. The zero-order chi connectivity index (χ0) is 12.7. The predicted octanol–water partition coefficient (Wildman–Crippen LogP) is 2.17. The van der Waals surface area contributed by atoms with Gasteiger partial charge >= 0.3 is 6.09 Å². The molecule has 0 saturated heterocycles. The number of aliphatic hydroxyl groups is 1. The molecule has 1 rings (SSSR count). The topological polar surface area (TPSA) is 58.6 Å². The van der Waals surface area contributed by atoms with Gasteiger partial charge < -0.3 is 9.84 Å². The molecule has 0 aromatic heterocycles. The Labute approximate surface area is 108 Å². The van der Waals surface area contributed by atoms with Gasteiger partial charge in [-0.2, -0.15) is 0 Å². The summed E-state index contributed by atoms with van der Waals surface area (Å²) in [6, 6.07) is 5.43. The highest BCUT2D eigenvalue weighted by molar-refractivity contribution is 9.10. The summed E-state index contributed by atoms with van der Waals surface area (Å²) in [6.07, 6.45) is -0.0806. The predicted molar refractivity (Wildman–Crippen MR) is 68.7 cm³/mol. The number of hydrogen-bond acceptors (Lipinski definition) is 3. The molecule has 0 spiro atoms. The first kappa shape index (κ1) is 13.6. The summed E-state index contributed by atoms with van der Waals surface area (Å²) in [6.45, 7) is -0.173. The van der Waals surface area contributed by atoms with E-state index in [0.29, 0.717) is 12.1 Å². The van der Waals surface area contributed by atoms with Crippen LogP contribution in [0.3, 0.4) is 0 Å². The van der Waals surface area contributed by atoms with Crippen LogP contribution < -0.4 is 5.32 Å². The van der Waals surface area contributed by atoms with Crippen molar-refractivity contribution < 1.29 is 14.6 Å². The fourth-order valence-corrected chi connectivity index (χ4v) is 1.61. The number of ether oxygens (including phenoxy) is 1. The van der Waals surface area contributed by atoms with Gasteiger partial charge in [0.1, 0.15) is 6.61 Å². The SMILES string of the molecule is COC(=O)Nc1ccc(Br)cc1CC#CCO. The van der Waals surface area contributed by atoms with Gasteiger partial charge in [-0.25, -0.2) is 4.79 Å². The molecule has 0 unspecified atom stereocenters. The van der Waals surface area contributed by atoms with Crippen molar-refractivity contribution in [2.24, 2.45) is 0 Å². The number of rotatable bonds is 2. The minimum absolute atomic E-state index is 0.173. The highest BCUT2D eigenvalue weighted by atomic mass is 79.9. The van der Waals surface area contributed by atoms with Crippen LogP contribution >= 0.6 is 15.9 Å². The van der Waals surface area contributed by atoms with Crippen molar-refractivity contribution in [2.75, 3.05) is 19.0 Å². The van der Waals surface area contributed by atoms with E-state index in [1.807, 2.05) is 12.1 Å². The lowest BCUT2D eigenvalue weighted by molar-refractivity contribution is 0.187. The summed E-state index contributed by atoms with van der Waals surface area (Å²) in [5.41, 5.74) is 1.50. The first-order chi connectivity index (χ1) is 8.17. The lowest BCUT2D eigenvalue weighted by Crippen LogP contribution is -2.12. The molecule has 0 saturated carbocycles. The van der Waals surface area contributed by atoms with Crippen molar-refractivity contribution in [2.45, 2.75) is 6.42 Å². The number of hydrogen-bond donors (Lipinski definition) is 2. The van der Waals surface area contributed by atoms with Gasteiger partial charge in [-0.15, -0.1) is 0 Å². The summed E-state index contributed by atoms with van der Waals surface area (Å²) in [4.78, 5) is 11.1. The molecule has 5 heteroatoms. The van der Waals surface area contributed by atoms with Crippen LogP contribution in [-0.4, -0.2) is 24.9 Å². The van der Waals surface area contributed by atoms with Crippen molar-refractivity contribution in [3.63, 3.8) is 0 Å². The van der Waals surface area contributed by atoms with Gasteiger partial charge in [-0.1, -0.05) is 27.8 Å². The van der Waals surface area contributed by atoms with Gasteiger partial charge in [-0.05, 0) is 23.8 Å². The molecule has 1 aromatic carbocycles. The van der Waals surface area contributed by atoms with Gasteiger partial charge in [0, 0.05) is 16.6 Å². The van der Waals surface area contributed by atoms with Crippen molar-refractivity contribution in [3.8, 4) is 11.8 Å². The average Bonchev–Trinajstić information content (AvgIpc) is 2.32. The Morgan fingerprint density at radius 3 is 2.94 bits per heavy atom. The quantitative estimate of drug-likeness (QED) is 0.823. The van der Waals surface area contributed by atoms with Gasteiger partial charge in [0.15, 0.2) is 0 Å². The van der Waals surface area contributed by atoms with E-state index in [1.165, 1.54) is 7.11 Å². The van der Waals surface area contributed by atoms with E-state index >= 15 is 0 Å². The van der Waals surface area contributed by atoms with E-state index in [2.05, 4.69) is 37.8 Å². The maximum absolute atomic E-state index is 11.1. The Kier molecular flexibility index (Phi) is 5.53. The van der Waals surface area contributed by atoms with Crippen molar-refractivity contribution in [3.05, 3.63) is 28.2 Å². The van der Waals surface area contributed by atoms with Crippen LogP contribution in [0.1, 0.15) is 5.56 Å². The highest BCUT2D eigenvalue weighted by Gasteiger charge is 2.06. The molecular weight excluding hydrogens is 286 g/mol. The molecule has 1 amide bonds. The van der Waals surface area contributed by atoms with E-state index in [1.54, 1.807) is 6.07 Å². The number of halogens is 1. The Bertz CT molecular complexity index is 463. The largest absolute Gasteiger partial charge is 0.453 e. The summed E-state index contributed by atoms with van der Waals surface area (Å²) in [7, 11) is 1.30. The molecule has 0 fully saturated rings. The smallest absolute Gasteiger partial charge is 0.411 e. The zero-order valence-electron chi connectivity index (χ0n) is 9.29. The highest BCUT2D eigenvalue weighted by Crippen LogP contribution is 2.21. The van der Waals surface area contributed by atoms with Crippen LogP contribution in [0.2, 0.25) is 0 Å². The molecule has 0 atom stereocenters. The average molecular weight is 298 g/mol. The maximum Gasteiger partial charge on any atom is 0.411 e. The third-order valence-electron chi connectivity index (χ3n) is 1.97. The van der Waals surface area contributed by atoms with Crippen LogP contribution in [0.4, 0.5) is 10.5 Å². The molecule has 90 valence electrons. The van der Waals surface area contributed by atoms with Crippen LogP contribution in [0.25, 0.3) is 0 Å². The fraction of sp³-hybridized carbons (Fsp3) is 0.250. The number of nitrogens with one attached hydrogen (secondary N) is 1. The van der Waals surface area contributed by atoms with Gasteiger partial charge in [0.05, 0.1) is 7.11 Å². The standard InChI is InChI=1S/C12H12BrNO3/c1-17-12(16)14-11-6-5-10(13)8-9(11)4-2-3-7-15/h5-6,8,15H,4,7H2,1H3,(H,14,16). The molecule has 2 N–H and O–H groups in total. The Hall–Kier alpha value is -1.51.